The van der Waals surface area contributed by atoms with Crippen LogP contribution in [0.4, 0.5) is 5.69 Å². The van der Waals surface area contributed by atoms with Gasteiger partial charge in [0.2, 0.25) is 11.8 Å². The van der Waals surface area contributed by atoms with Gasteiger partial charge in [-0.2, -0.15) is 0 Å². The van der Waals surface area contributed by atoms with E-state index in [1.807, 2.05) is 26.0 Å². The first-order chi connectivity index (χ1) is 12.6. The third-order valence-corrected chi connectivity index (χ3v) is 4.99. The minimum absolute atomic E-state index is 0.119. The van der Waals surface area contributed by atoms with Crippen LogP contribution in [0.15, 0.2) is 18.2 Å². The van der Waals surface area contributed by atoms with Crippen LogP contribution in [0.25, 0.3) is 0 Å². The van der Waals surface area contributed by atoms with Gasteiger partial charge in [-0.1, -0.05) is 13.8 Å². The number of fused-ring (bicyclic) bond motifs is 1. The molecule has 3 heterocycles. The van der Waals surface area contributed by atoms with Crippen molar-refractivity contribution in [1.82, 2.24) is 15.5 Å². The zero-order valence-corrected chi connectivity index (χ0v) is 15.4. The lowest BCUT2D eigenvalue weighted by Crippen LogP contribution is -2.52. The van der Waals surface area contributed by atoms with Crippen LogP contribution >= 0.6 is 0 Å². The Morgan fingerprint density at radius 1 is 1.08 bits per heavy atom. The van der Waals surface area contributed by atoms with Gasteiger partial charge < -0.3 is 15.1 Å². The molecule has 7 nitrogen and oxygen atoms in total. The van der Waals surface area contributed by atoms with Crippen LogP contribution in [0, 0.1) is 0 Å². The van der Waals surface area contributed by atoms with E-state index in [1.165, 1.54) is 0 Å². The SMILES string of the molecule is CC.O=C1CCC(N2Cc3cc(N4CCNCC4)ccc3C2=O)C(=O)N1. The van der Waals surface area contributed by atoms with Gasteiger partial charge >= 0.3 is 0 Å². The van der Waals surface area contributed by atoms with E-state index in [1.54, 1.807) is 4.90 Å². The Morgan fingerprint density at radius 3 is 2.50 bits per heavy atom. The van der Waals surface area contributed by atoms with Gasteiger partial charge in [0.1, 0.15) is 6.04 Å². The van der Waals surface area contributed by atoms with Crippen LogP contribution < -0.4 is 15.5 Å². The highest BCUT2D eigenvalue weighted by molar-refractivity contribution is 6.05. The number of piperidine rings is 1. The molecule has 7 heteroatoms. The number of hydrogen-bond acceptors (Lipinski definition) is 5. The Hall–Kier alpha value is -2.41. The number of nitrogens with one attached hydrogen (secondary N) is 2. The molecule has 1 aromatic carbocycles. The predicted octanol–water partition coefficient (Wildman–Crippen LogP) is 0.883. The lowest BCUT2D eigenvalue weighted by molar-refractivity contribution is -0.136. The Labute approximate surface area is 153 Å². The van der Waals surface area contributed by atoms with Crippen molar-refractivity contribution in [3.63, 3.8) is 0 Å². The molecule has 4 rings (SSSR count). The predicted molar refractivity (Wildman–Crippen MR) is 98.9 cm³/mol. The number of nitrogens with zero attached hydrogens (tertiary/aromatic N) is 2. The van der Waals surface area contributed by atoms with E-state index in [0.717, 1.165) is 37.4 Å². The molecule has 2 saturated heterocycles. The van der Waals surface area contributed by atoms with Crippen molar-refractivity contribution in [2.24, 2.45) is 0 Å². The third-order valence-electron chi connectivity index (χ3n) is 4.99. The molecule has 0 bridgehead atoms. The average Bonchev–Trinajstić information content (AvgIpc) is 3.00. The second-order valence-corrected chi connectivity index (χ2v) is 6.48. The molecule has 0 saturated carbocycles. The van der Waals surface area contributed by atoms with E-state index in [-0.39, 0.29) is 24.1 Å². The summed E-state index contributed by atoms with van der Waals surface area (Å²) in [5.41, 5.74) is 2.74. The van der Waals surface area contributed by atoms with Crippen LogP contribution in [0.5, 0.6) is 0 Å². The molecular weight excluding hydrogens is 332 g/mol. The van der Waals surface area contributed by atoms with Gasteiger partial charge in [-0.25, -0.2) is 0 Å². The molecule has 0 aliphatic carbocycles. The summed E-state index contributed by atoms with van der Waals surface area (Å²) in [4.78, 5) is 39.9. The van der Waals surface area contributed by atoms with Crippen molar-refractivity contribution in [1.29, 1.82) is 0 Å². The molecular formula is C19H26N4O3. The second-order valence-electron chi connectivity index (χ2n) is 6.48. The smallest absolute Gasteiger partial charge is 0.255 e. The molecule has 3 aliphatic rings. The molecule has 2 fully saturated rings. The average molecular weight is 358 g/mol. The van der Waals surface area contributed by atoms with Crippen LogP contribution in [0.2, 0.25) is 0 Å². The number of piperazine rings is 1. The number of amides is 3. The maximum absolute atomic E-state index is 12.6. The molecule has 0 aromatic heterocycles. The van der Waals surface area contributed by atoms with Gasteiger partial charge in [0.15, 0.2) is 0 Å². The second kappa shape index (κ2) is 7.86. The van der Waals surface area contributed by atoms with Gasteiger partial charge in [-0.15, -0.1) is 0 Å². The summed E-state index contributed by atoms with van der Waals surface area (Å²) < 4.78 is 0. The summed E-state index contributed by atoms with van der Waals surface area (Å²) in [5, 5.41) is 5.66. The first-order valence-electron chi connectivity index (χ1n) is 9.37. The van der Waals surface area contributed by atoms with Crippen molar-refractivity contribution in [3.05, 3.63) is 29.3 Å². The lowest BCUT2D eigenvalue weighted by atomic mass is 10.0. The molecule has 0 radical (unpaired) electrons. The molecule has 1 aromatic rings. The van der Waals surface area contributed by atoms with Gasteiger partial charge in [-0.05, 0) is 30.2 Å². The van der Waals surface area contributed by atoms with E-state index < -0.39 is 6.04 Å². The summed E-state index contributed by atoms with van der Waals surface area (Å²) in [6.45, 7) is 8.24. The van der Waals surface area contributed by atoms with Crippen molar-refractivity contribution in [2.75, 3.05) is 31.1 Å². The van der Waals surface area contributed by atoms with Crippen LogP contribution in [-0.2, 0) is 16.1 Å². The summed E-state index contributed by atoms with van der Waals surface area (Å²) >= 11 is 0. The normalized spacial score (nSPS) is 22.5. The maximum atomic E-state index is 12.6. The molecule has 3 aliphatic heterocycles. The minimum atomic E-state index is -0.551. The lowest BCUT2D eigenvalue weighted by Gasteiger charge is -2.30. The van der Waals surface area contributed by atoms with Crippen molar-refractivity contribution in [3.8, 4) is 0 Å². The summed E-state index contributed by atoms with van der Waals surface area (Å²) in [6, 6.07) is 5.35. The van der Waals surface area contributed by atoms with Crippen LogP contribution in [0.1, 0.15) is 42.6 Å². The van der Waals surface area contributed by atoms with E-state index in [9.17, 15) is 14.4 Å². The Morgan fingerprint density at radius 2 is 1.81 bits per heavy atom. The van der Waals surface area contributed by atoms with Crippen LogP contribution in [0.3, 0.4) is 0 Å². The standard InChI is InChI=1S/C17H20N4O3.C2H6/c22-15-4-3-14(16(23)19-15)21-10-11-9-12(1-2-13(11)17(21)24)20-7-5-18-6-8-20;1-2/h1-2,9,14,18H,3-8,10H2,(H,19,22,23);1-2H3. The van der Waals surface area contributed by atoms with Crippen molar-refractivity contribution >= 4 is 23.4 Å². The zero-order valence-electron chi connectivity index (χ0n) is 15.4. The van der Waals surface area contributed by atoms with Gasteiger partial charge in [-0.3, -0.25) is 19.7 Å². The van der Waals surface area contributed by atoms with Gasteiger partial charge in [0, 0.05) is 50.4 Å². The van der Waals surface area contributed by atoms with E-state index in [4.69, 9.17) is 0 Å². The number of hydrogen-bond donors (Lipinski definition) is 2. The third kappa shape index (κ3) is 3.44. The number of rotatable bonds is 2. The maximum Gasteiger partial charge on any atom is 0.255 e. The first kappa shape index (κ1) is 18.4. The Balaban J connectivity index is 0.000000948. The number of carbonyl (C=O) groups excluding carboxylic acids is 3. The fourth-order valence-electron chi connectivity index (χ4n) is 3.68. The molecule has 3 amide bonds. The quantitative estimate of drug-likeness (QED) is 0.767. The monoisotopic (exact) mass is 358 g/mol. The molecule has 2 N–H and O–H groups in total. The highest BCUT2D eigenvalue weighted by Gasteiger charge is 2.39. The van der Waals surface area contributed by atoms with Gasteiger partial charge in [0.25, 0.3) is 5.91 Å². The summed E-state index contributed by atoms with van der Waals surface area (Å²) in [7, 11) is 0. The van der Waals surface area contributed by atoms with Crippen molar-refractivity contribution < 1.29 is 14.4 Å². The highest BCUT2D eigenvalue weighted by Crippen LogP contribution is 2.30. The topological polar surface area (TPSA) is 81.8 Å². The number of anilines is 1. The Kier molecular flexibility index (Phi) is 5.56. The first-order valence-corrected chi connectivity index (χ1v) is 9.37. The fraction of sp³-hybridized carbons (Fsp3) is 0.526. The number of carbonyl (C=O) groups is 3. The van der Waals surface area contributed by atoms with E-state index in [0.29, 0.717) is 18.5 Å². The Bertz CT molecular complexity index is 713. The molecule has 0 spiro atoms. The fourth-order valence-corrected chi connectivity index (χ4v) is 3.68. The molecule has 140 valence electrons. The van der Waals surface area contributed by atoms with Crippen LogP contribution in [-0.4, -0.2) is 54.8 Å². The highest BCUT2D eigenvalue weighted by atomic mass is 16.2. The summed E-state index contributed by atoms with van der Waals surface area (Å²) in [6.07, 6.45) is 0.678. The summed E-state index contributed by atoms with van der Waals surface area (Å²) in [5.74, 6) is -0.748. The molecule has 26 heavy (non-hydrogen) atoms. The van der Waals surface area contributed by atoms with E-state index >= 15 is 0 Å². The van der Waals surface area contributed by atoms with Gasteiger partial charge in [0.05, 0.1) is 0 Å². The molecule has 1 atom stereocenters. The largest absolute Gasteiger partial charge is 0.369 e. The van der Waals surface area contributed by atoms with E-state index in [2.05, 4.69) is 21.6 Å². The zero-order chi connectivity index (χ0) is 18.7. The minimum Gasteiger partial charge on any atom is -0.369 e. The van der Waals surface area contributed by atoms with Crippen molar-refractivity contribution in [2.45, 2.75) is 39.3 Å². The number of benzene rings is 1. The number of imide groups is 1. The molecule has 1 unspecified atom stereocenters.